The zero-order valence-electron chi connectivity index (χ0n) is 9.68. The third-order valence-corrected chi connectivity index (χ3v) is 4.22. The van der Waals surface area contributed by atoms with Gasteiger partial charge in [-0.25, -0.2) is 0 Å². The van der Waals surface area contributed by atoms with Gasteiger partial charge in [-0.2, -0.15) is 5.26 Å². The first-order chi connectivity index (χ1) is 8.33. The van der Waals surface area contributed by atoms with Crippen molar-refractivity contribution in [2.45, 2.75) is 37.4 Å². The fraction of sp³-hybridized carbons (Fsp3) is 0.500. The second kappa shape index (κ2) is 6.36. The van der Waals surface area contributed by atoms with Gasteiger partial charge in [-0.1, -0.05) is 52.9 Å². The summed E-state index contributed by atoms with van der Waals surface area (Å²) < 4.78 is 6.90. The van der Waals surface area contributed by atoms with Gasteiger partial charge in [0.25, 0.3) is 0 Å². The average molecular weight is 341 g/mol. The van der Waals surface area contributed by atoms with Gasteiger partial charge in [0.2, 0.25) is 0 Å². The average Bonchev–Trinajstić information content (AvgIpc) is 2.40. The van der Waals surface area contributed by atoms with Crippen LogP contribution >= 0.6 is 22.6 Å². The molecule has 1 aliphatic rings. The van der Waals surface area contributed by atoms with E-state index in [1.807, 2.05) is 6.07 Å². The summed E-state index contributed by atoms with van der Waals surface area (Å²) in [5, 5.41) is 8.80. The molecule has 1 aromatic carbocycles. The molecule has 0 N–H and O–H groups in total. The standard InChI is InChI=1S/C14H16INO/c15-10-14-9-12(8-13(17-14)6-7-16)11-4-2-1-3-5-11/h1-5,12-14H,6,8-10H2/t12-,13+,14-/m0/s1. The molecule has 1 aliphatic heterocycles. The van der Waals surface area contributed by atoms with E-state index in [9.17, 15) is 0 Å². The number of benzene rings is 1. The van der Waals surface area contributed by atoms with Crippen LogP contribution < -0.4 is 0 Å². The van der Waals surface area contributed by atoms with Crippen molar-refractivity contribution in [2.75, 3.05) is 4.43 Å². The van der Waals surface area contributed by atoms with Gasteiger partial charge in [0.15, 0.2) is 0 Å². The van der Waals surface area contributed by atoms with E-state index < -0.39 is 0 Å². The molecule has 3 atom stereocenters. The molecule has 2 nitrogen and oxygen atoms in total. The van der Waals surface area contributed by atoms with E-state index in [4.69, 9.17) is 10.00 Å². The number of hydrogen-bond donors (Lipinski definition) is 0. The fourth-order valence-electron chi connectivity index (χ4n) is 2.44. The Bertz CT molecular complexity index is 387. The highest BCUT2D eigenvalue weighted by Gasteiger charge is 2.29. The van der Waals surface area contributed by atoms with Crippen LogP contribution in [-0.4, -0.2) is 16.6 Å². The molecule has 1 fully saturated rings. The van der Waals surface area contributed by atoms with E-state index in [-0.39, 0.29) is 6.10 Å². The molecule has 1 aromatic rings. The normalized spacial score (nSPS) is 28.6. The Labute approximate surface area is 116 Å². The lowest BCUT2D eigenvalue weighted by molar-refractivity contribution is -0.0413. The summed E-state index contributed by atoms with van der Waals surface area (Å²) in [7, 11) is 0. The largest absolute Gasteiger partial charge is 0.373 e. The Hall–Kier alpha value is -0.600. The highest BCUT2D eigenvalue weighted by Crippen LogP contribution is 2.34. The molecule has 0 amide bonds. The Morgan fingerprint density at radius 2 is 1.94 bits per heavy atom. The van der Waals surface area contributed by atoms with E-state index in [0.29, 0.717) is 18.4 Å². The van der Waals surface area contributed by atoms with E-state index in [1.54, 1.807) is 0 Å². The first-order valence-corrected chi connectivity index (χ1v) is 7.49. The topological polar surface area (TPSA) is 33.0 Å². The predicted octanol–water partition coefficient (Wildman–Crippen LogP) is 3.67. The Morgan fingerprint density at radius 1 is 1.24 bits per heavy atom. The molecule has 0 radical (unpaired) electrons. The van der Waals surface area contributed by atoms with Crippen LogP contribution in [0.5, 0.6) is 0 Å². The van der Waals surface area contributed by atoms with Gasteiger partial charge in [0.1, 0.15) is 0 Å². The molecule has 17 heavy (non-hydrogen) atoms. The van der Waals surface area contributed by atoms with Gasteiger partial charge in [0, 0.05) is 4.43 Å². The zero-order chi connectivity index (χ0) is 12.1. The summed E-state index contributed by atoms with van der Waals surface area (Å²) in [6.45, 7) is 0. The smallest absolute Gasteiger partial charge is 0.0714 e. The minimum atomic E-state index is 0.110. The van der Waals surface area contributed by atoms with Gasteiger partial charge < -0.3 is 4.74 Å². The summed E-state index contributed by atoms with van der Waals surface area (Å²) in [5.74, 6) is 0.545. The van der Waals surface area contributed by atoms with Crippen LogP contribution in [0, 0.1) is 11.3 Å². The van der Waals surface area contributed by atoms with Crippen molar-refractivity contribution in [1.29, 1.82) is 5.26 Å². The van der Waals surface area contributed by atoms with Crippen molar-refractivity contribution in [3.05, 3.63) is 35.9 Å². The molecule has 0 bridgehead atoms. The minimum absolute atomic E-state index is 0.110. The van der Waals surface area contributed by atoms with E-state index in [1.165, 1.54) is 5.56 Å². The van der Waals surface area contributed by atoms with Gasteiger partial charge in [-0.3, -0.25) is 0 Å². The van der Waals surface area contributed by atoms with Gasteiger partial charge in [-0.15, -0.1) is 0 Å². The van der Waals surface area contributed by atoms with Crippen molar-refractivity contribution >= 4 is 22.6 Å². The highest BCUT2D eigenvalue weighted by atomic mass is 127. The molecule has 1 heterocycles. The van der Waals surface area contributed by atoms with Crippen LogP contribution in [0.15, 0.2) is 30.3 Å². The van der Waals surface area contributed by atoms with Crippen LogP contribution in [0.1, 0.15) is 30.7 Å². The molecule has 0 spiro atoms. The van der Waals surface area contributed by atoms with E-state index >= 15 is 0 Å². The third kappa shape index (κ3) is 3.43. The Kier molecular flexibility index (Phi) is 4.81. The minimum Gasteiger partial charge on any atom is -0.373 e. The highest BCUT2D eigenvalue weighted by molar-refractivity contribution is 14.1. The second-order valence-electron chi connectivity index (χ2n) is 4.48. The lowest BCUT2D eigenvalue weighted by Gasteiger charge is -2.34. The summed E-state index contributed by atoms with van der Waals surface area (Å²) in [4.78, 5) is 0. The summed E-state index contributed by atoms with van der Waals surface area (Å²) in [5.41, 5.74) is 1.38. The van der Waals surface area contributed by atoms with Crippen LogP contribution in [0.2, 0.25) is 0 Å². The van der Waals surface area contributed by atoms with Gasteiger partial charge in [-0.05, 0) is 24.3 Å². The fourth-order valence-corrected chi connectivity index (χ4v) is 3.01. The first kappa shape index (κ1) is 12.8. The van der Waals surface area contributed by atoms with Gasteiger partial charge >= 0.3 is 0 Å². The molecule has 1 saturated heterocycles. The van der Waals surface area contributed by atoms with Crippen LogP contribution in [0.4, 0.5) is 0 Å². The SMILES string of the molecule is N#CC[C@@H]1C[C@H](c2ccccc2)C[C@@H](CI)O1. The lowest BCUT2D eigenvalue weighted by atomic mass is 9.85. The number of nitrogens with zero attached hydrogens (tertiary/aromatic N) is 1. The molecule has 90 valence electrons. The number of hydrogen-bond acceptors (Lipinski definition) is 2. The van der Waals surface area contributed by atoms with E-state index in [2.05, 4.69) is 52.9 Å². The first-order valence-electron chi connectivity index (χ1n) is 5.96. The number of rotatable bonds is 3. The summed E-state index contributed by atoms with van der Waals surface area (Å²) >= 11 is 2.37. The van der Waals surface area contributed by atoms with Gasteiger partial charge in [0.05, 0.1) is 24.7 Å². The molecular weight excluding hydrogens is 325 g/mol. The lowest BCUT2D eigenvalue weighted by Crippen LogP contribution is -2.32. The summed E-state index contributed by atoms with van der Waals surface area (Å²) in [6, 6.07) is 12.8. The maximum Gasteiger partial charge on any atom is 0.0714 e. The molecule has 0 aliphatic carbocycles. The monoisotopic (exact) mass is 341 g/mol. The zero-order valence-corrected chi connectivity index (χ0v) is 11.8. The second-order valence-corrected chi connectivity index (χ2v) is 5.36. The van der Waals surface area contributed by atoms with Crippen molar-refractivity contribution in [2.24, 2.45) is 0 Å². The number of ether oxygens (including phenoxy) is 1. The van der Waals surface area contributed by atoms with Crippen LogP contribution in [0.3, 0.4) is 0 Å². The quantitative estimate of drug-likeness (QED) is 0.621. The van der Waals surface area contributed by atoms with E-state index in [0.717, 1.165) is 17.3 Å². The number of halogens is 1. The van der Waals surface area contributed by atoms with Crippen LogP contribution in [-0.2, 0) is 4.74 Å². The number of nitriles is 1. The van der Waals surface area contributed by atoms with Crippen molar-refractivity contribution in [3.63, 3.8) is 0 Å². The molecule has 0 saturated carbocycles. The molecule has 0 unspecified atom stereocenters. The molecule has 0 aromatic heterocycles. The molecular formula is C14H16INO. The Balaban J connectivity index is 2.09. The molecule has 3 heteroatoms. The predicted molar refractivity (Wildman–Crippen MR) is 76.2 cm³/mol. The maximum atomic E-state index is 8.80. The maximum absolute atomic E-state index is 8.80. The molecule has 2 rings (SSSR count). The Morgan fingerprint density at radius 3 is 2.59 bits per heavy atom. The third-order valence-electron chi connectivity index (χ3n) is 3.24. The number of alkyl halides is 1. The van der Waals surface area contributed by atoms with Crippen molar-refractivity contribution in [1.82, 2.24) is 0 Å². The van der Waals surface area contributed by atoms with Crippen molar-refractivity contribution < 1.29 is 4.74 Å². The van der Waals surface area contributed by atoms with Crippen molar-refractivity contribution in [3.8, 4) is 6.07 Å². The summed E-state index contributed by atoms with van der Waals surface area (Å²) in [6.07, 6.45) is 2.97. The van der Waals surface area contributed by atoms with Crippen LogP contribution in [0.25, 0.3) is 0 Å².